The van der Waals surface area contributed by atoms with Crippen molar-refractivity contribution in [3.05, 3.63) is 0 Å². The number of hydrogen-bond donors (Lipinski definition) is 2. The van der Waals surface area contributed by atoms with Gasteiger partial charge in [0.05, 0.1) is 17.2 Å². The second-order valence-electron chi connectivity index (χ2n) is 9.26. The molecule has 0 saturated heterocycles. The van der Waals surface area contributed by atoms with Crippen molar-refractivity contribution in [2.24, 2.45) is 5.41 Å². The van der Waals surface area contributed by atoms with Crippen LogP contribution >= 0.6 is 0 Å². The quantitative estimate of drug-likeness (QED) is 0.771. The Balaban J connectivity index is 3.19. The first-order valence-corrected chi connectivity index (χ1v) is 11.3. The number of carbonyl (C=O) groups excluding carboxylic acids is 1. The third-order valence-corrected chi connectivity index (χ3v) is 5.36. The first kappa shape index (κ1) is 20.5. The Bertz CT molecular complexity index is 441. The van der Waals surface area contributed by atoms with E-state index in [1.807, 2.05) is 27.7 Å². The molecule has 23 heavy (non-hydrogen) atoms. The van der Waals surface area contributed by atoms with Gasteiger partial charge >= 0.3 is 6.09 Å². The molecule has 0 aromatic carbocycles. The molecule has 1 aliphatic rings. The molecule has 0 aromatic rings. The largest absolute Gasteiger partial charge is 0.444 e. The molecule has 0 aliphatic heterocycles. The monoisotopic (exact) mass is 345 g/mol. The zero-order valence-corrected chi connectivity index (χ0v) is 17.4. The predicted molar refractivity (Wildman–Crippen MR) is 95.2 cm³/mol. The fourth-order valence-corrected chi connectivity index (χ4v) is 5.35. The highest BCUT2D eigenvalue weighted by molar-refractivity contribution is 6.48. The summed E-state index contributed by atoms with van der Waals surface area (Å²) in [6, 6.07) is 0. The summed E-state index contributed by atoms with van der Waals surface area (Å²) in [5.41, 5.74) is -2.08. The van der Waals surface area contributed by atoms with Gasteiger partial charge in [-0.1, -0.05) is 20.8 Å². The highest BCUT2D eigenvalue weighted by Crippen LogP contribution is 2.52. The Hall–Kier alpha value is -0.593. The average Bonchev–Trinajstić information content (AvgIpc) is 2.44. The van der Waals surface area contributed by atoms with Crippen molar-refractivity contribution in [1.82, 2.24) is 5.32 Å². The van der Waals surface area contributed by atoms with E-state index in [9.17, 15) is 9.90 Å². The van der Waals surface area contributed by atoms with E-state index in [-0.39, 0.29) is 5.41 Å². The van der Waals surface area contributed by atoms with E-state index in [1.54, 1.807) is 0 Å². The highest BCUT2D eigenvalue weighted by atomic mass is 28.3. The van der Waals surface area contributed by atoms with Crippen LogP contribution in [0.2, 0.25) is 13.1 Å². The van der Waals surface area contributed by atoms with Gasteiger partial charge in [-0.15, -0.1) is 0 Å². The van der Waals surface area contributed by atoms with Crippen LogP contribution in [0.5, 0.6) is 0 Å². The van der Waals surface area contributed by atoms with Crippen molar-refractivity contribution in [1.29, 1.82) is 0 Å². The molecule has 0 unspecified atom stereocenters. The third-order valence-electron chi connectivity index (χ3n) is 4.48. The lowest BCUT2D eigenvalue weighted by Gasteiger charge is -2.53. The standard InChI is InChI=1S/C17H35NO4Si/c1-14(2,3)17(22-23(8)9)11-12(19)10-16(17,7)18-13(20)21-15(4,5)6/h12,19,23H,10-11H2,1-9H3,(H,18,20)/t12-,16+,17-/m0/s1. The number of ether oxygens (including phenoxy) is 1. The fraction of sp³-hybridized carbons (Fsp3) is 0.941. The van der Waals surface area contributed by atoms with Gasteiger partial charge in [-0.3, -0.25) is 0 Å². The number of nitrogens with one attached hydrogen (secondary N) is 1. The molecular weight excluding hydrogens is 310 g/mol. The molecular formula is C17H35NO4Si. The lowest BCUT2D eigenvalue weighted by atomic mass is 9.67. The van der Waals surface area contributed by atoms with Gasteiger partial charge in [0.1, 0.15) is 5.60 Å². The maximum Gasteiger partial charge on any atom is 0.408 e. The van der Waals surface area contributed by atoms with Crippen molar-refractivity contribution in [3.8, 4) is 0 Å². The van der Waals surface area contributed by atoms with Crippen LogP contribution in [0.25, 0.3) is 0 Å². The normalized spacial score (nSPS) is 32.2. The number of aliphatic hydroxyl groups is 1. The second kappa shape index (κ2) is 6.37. The number of alkyl carbamates (subject to hydrolysis) is 1. The van der Waals surface area contributed by atoms with Crippen molar-refractivity contribution in [2.75, 3.05) is 0 Å². The van der Waals surface area contributed by atoms with Gasteiger partial charge in [-0.05, 0) is 52.6 Å². The molecule has 1 saturated carbocycles. The average molecular weight is 346 g/mol. The van der Waals surface area contributed by atoms with Crippen LogP contribution in [-0.4, -0.2) is 43.1 Å². The van der Waals surface area contributed by atoms with Gasteiger partial charge in [0, 0.05) is 6.42 Å². The Morgan fingerprint density at radius 3 is 2.09 bits per heavy atom. The van der Waals surface area contributed by atoms with E-state index in [2.05, 4.69) is 39.2 Å². The first-order valence-electron chi connectivity index (χ1n) is 8.49. The van der Waals surface area contributed by atoms with Crippen molar-refractivity contribution in [3.63, 3.8) is 0 Å². The smallest absolute Gasteiger partial charge is 0.408 e. The van der Waals surface area contributed by atoms with Crippen LogP contribution in [0.3, 0.4) is 0 Å². The van der Waals surface area contributed by atoms with Crippen LogP contribution < -0.4 is 5.32 Å². The van der Waals surface area contributed by atoms with Crippen LogP contribution in [0.1, 0.15) is 61.3 Å². The molecule has 5 nitrogen and oxygen atoms in total. The number of aliphatic hydroxyl groups excluding tert-OH is 1. The van der Waals surface area contributed by atoms with Crippen LogP contribution in [-0.2, 0) is 9.16 Å². The topological polar surface area (TPSA) is 67.8 Å². The van der Waals surface area contributed by atoms with E-state index >= 15 is 0 Å². The first-order chi connectivity index (χ1) is 10.1. The van der Waals surface area contributed by atoms with E-state index < -0.39 is 38.0 Å². The van der Waals surface area contributed by atoms with E-state index in [1.165, 1.54) is 0 Å². The van der Waals surface area contributed by atoms with Gasteiger partial charge in [-0.2, -0.15) is 0 Å². The lowest BCUT2D eigenvalue weighted by Crippen LogP contribution is -2.67. The molecule has 1 aliphatic carbocycles. The minimum Gasteiger partial charge on any atom is -0.444 e. The summed E-state index contributed by atoms with van der Waals surface area (Å²) < 4.78 is 11.9. The summed E-state index contributed by atoms with van der Waals surface area (Å²) in [5, 5.41) is 13.4. The third kappa shape index (κ3) is 4.48. The summed E-state index contributed by atoms with van der Waals surface area (Å²) in [5.74, 6) is 0. The molecule has 1 rings (SSSR count). The second-order valence-corrected chi connectivity index (χ2v) is 11.6. The van der Waals surface area contributed by atoms with Crippen molar-refractivity contribution in [2.45, 2.75) is 97.2 Å². The molecule has 0 spiro atoms. The Morgan fingerprint density at radius 1 is 1.17 bits per heavy atom. The number of carbonyl (C=O) groups is 1. The molecule has 6 heteroatoms. The van der Waals surface area contributed by atoms with Crippen LogP contribution in [0, 0.1) is 5.41 Å². The fourth-order valence-electron chi connectivity index (χ4n) is 3.84. The predicted octanol–water partition coefficient (Wildman–Crippen LogP) is 3.21. The molecule has 1 amide bonds. The number of hydrogen-bond acceptors (Lipinski definition) is 4. The molecule has 136 valence electrons. The molecule has 0 heterocycles. The van der Waals surface area contributed by atoms with Gasteiger partial charge < -0.3 is 19.6 Å². The van der Waals surface area contributed by atoms with Gasteiger partial charge in [0.15, 0.2) is 9.04 Å². The summed E-state index contributed by atoms with van der Waals surface area (Å²) >= 11 is 0. The Labute approximate surface area is 142 Å². The van der Waals surface area contributed by atoms with E-state index in [4.69, 9.17) is 9.16 Å². The van der Waals surface area contributed by atoms with E-state index in [0.29, 0.717) is 12.8 Å². The number of rotatable bonds is 3. The Kier molecular flexibility index (Phi) is 5.67. The molecule has 0 aromatic heterocycles. The summed E-state index contributed by atoms with van der Waals surface area (Å²) in [6.07, 6.45) is 0.0252. The maximum absolute atomic E-state index is 12.4. The van der Waals surface area contributed by atoms with Crippen LogP contribution in [0.15, 0.2) is 0 Å². The van der Waals surface area contributed by atoms with E-state index in [0.717, 1.165) is 0 Å². The van der Waals surface area contributed by atoms with Crippen molar-refractivity contribution >= 4 is 15.1 Å². The molecule has 1 fully saturated rings. The molecule has 3 atom stereocenters. The Morgan fingerprint density at radius 2 is 1.70 bits per heavy atom. The van der Waals surface area contributed by atoms with Gasteiger partial charge in [0.25, 0.3) is 0 Å². The van der Waals surface area contributed by atoms with Crippen LogP contribution in [0.4, 0.5) is 4.79 Å². The molecule has 0 bridgehead atoms. The minimum absolute atomic E-state index is 0.231. The lowest BCUT2D eigenvalue weighted by molar-refractivity contribution is -0.0892. The van der Waals surface area contributed by atoms with Crippen molar-refractivity contribution < 1.29 is 19.1 Å². The van der Waals surface area contributed by atoms with Gasteiger partial charge in [0.2, 0.25) is 0 Å². The minimum atomic E-state index is -1.39. The summed E-state index contributed by atoms with van der Waals surface area (Å²) in [6.45, 7) is 18.0. The maximum atomic E-state index is 12.4. The highest BCUT2D eigenvalue weighted by Gasteiger charge is 2.62. The molecule has 2 N–H and O–H groups in total. The number of amides is 1. The zero-order chi connectivity index (χ0) is 18.3. The molecule has 0 radical (unpaired) electrons. The zero-order valence-electron chi connectivity index (χ0n) is 16.2. The van der Waals surface area contributed by atoms with Gasteiger partial charge in [-0.25, -0.2) is 4.79 Å². The summed E-state index contributed by atoms with van der Waals surface area (Å²) in [7, 11) is -1.39. The SMILES string of the molecule is C[SiH](C)O[C@]1(C(C)(C)C)C[C@@H](O)C[C@@]1(C)NC(=O)OC(C)(C)C. The summed E-state index contributed by atoms with van der Waals surface area (Å²) in [4.78, 5) is 12.4.